The Hall–Kier alpha value is -1.81. The molecule has 6 heteroatoms. The van der Waals surface area contributed by atoms with E-state index in [0.717, 1.165) is 23.7 Å². The molecule has 58 heavy (non-hydrogen) atoms. The van der Waals surface area contributed by atoms with E-state index in [1.165, 1.54) is 67.7 Å². The Morgan fingerprint density at radius 3 is 0.931 bits per heavy atom. The fourth-order valence-electron chi connectivity index (χ4n) is 7.11. The van der Waals surface area contributed by atoms with E-state index in [4.69, 9.17) is 0 Å². The summed E-state index contributed by atoms with van der Waals surface area (Å²) in [6.07, 6.45) is 5.46. The van der Waals surface area contributed by atoms with Gasteiger partial charge in [0, 0.05) is 0 Å². The molecule has 0 saturated carbocycles. The second kappa shape index (κ2) is 27.9. The molecule has 0 radical (unpaired) electrons. The van der Waals surface area contributed by atoms with Crippen LogP contribution in [0.2, 0.25) is 0 Å². The summed E-state index contributed by atoms with van der Waals surface area (Å²) in [5.41, 5.74) is 0. The monoisotopic (exact) mass is 914 g/mol. The Bertz CT molecular complexity index is 1950. The van der Waals surface area contributed by atoms with Gasteiger partial charge < -0.3 is 24.8 Å². The van der Waals surface area contributed by atoms with Crippen LogP contribution in [-0.2, 0) is 43.4 Å². The van der Waals surface area contributed by atoms with Crippen LogP contribution in [-0.4, -0.2) is 24.6 Å². The van der Waals surface area contributed by atoms with Gasteiger partial charge in [-0.3, -0.25) is 0 Å². The van der Waals surface area contributed by atoms with Crippen LogP contribution in [0.4, 0.5) is 0 Å². The average molecular weight is 916 g/mol. The molecule has 8 rings (SSSR count). The summed E-state index contributed by atoms with van der Waals surface area (Å²) in [5.74, 6) is 3.20. The minimum absolute atomic E-state index is 0. The molecule has 0 nitrogen and oxygen atoms in total. The van der Waals surface area contributed by atoms with E-state index in [1.807, 2.05) is 0 Å². The second-order valence-electron chi connectivity index (χ2n) is 16.4. The molecule has 0 N–H and O–H groups in total. The number of hydrogen-bond acceptors (Lipinski definition) is 0. The smallest absolute Gasteiger partial charge is 1.00 e. The predicted octanol–water partition coefficient (Wildman–Crippen LogP) is 9.08. The molecule has 0 bridgehead atoms. The zero-order valence-electron chi connectivity index (χ0n) is 35.8. The standard InChI is InChI=1S/2C17H24P.2C9H7.2ClH.2Ti/c2*1-13(2)11-18(12-14(3)4)17-9-15-7-5-6-8-16(15)10-17;2*1-2-5-9-7-3-6-8(9)4-1;;;;/h2*5-10,13-14H,11-12H2,1-4H3;2*1-7H;2*1H;;/q4*-1;;;2*+2/p-2. The van der Waals surface area contributed by atoms with Crippen molar-refractivity contribution >= 4 is 69.5 Å². The minimum atomic E-state index is 0. The Kier molecular flexibility index (Phi) is 26.1. The van der Waals surface area contributed by atoms with Crippen LogP contribution < -0.4 is 35.4 Å². The van der Waals surface area contributed by atoms with E-state index in [1.54, 1.807) is 10.6 Å². The van der Waals surface area contributed by atoms with Gasteiger partial charge in [-0.15, -0.1) is 140 Å². The van der Waals surface area contributed by atoms with Crippen molar-refractivity contribution in [3.63, 3.8) is 0 Å². The molecule has 0 aromatic heterocycles. The molecule has 8 aromatic rings. The average Bonchev–Trinajstić information content (AvgIpc) is 3.96. The van der Waals surface area contributed by atoms with Crippen LogP contribution in [0.25, 0.3) is 43.1 Å². The molecule has 0 amide bonds. The topological polar surface area (TPSA) is 0 Å². The molecule has 0 atom stereocenters. The van der Waals surface area contributed by atoms with Crippen LogP contribution in [0.1, 0.15) is 55.4 Å². The normalized spacial score (nSPS) is 10.7. The number of benzene rings is 4. The summed E-state index contributed by atoms with van der Waals surface area (Å²) in [7, 11) is 0.0370. The SMILES string of the molecule is CC(C)CP(CC(C)C)c1cc2ccccc2[cH-]1.CC(C)CP(CC(C)C)c1cc2ccccc2[cH-]1.[Cl-].[Cl-].[Ti+2].[Ti+2].c1ccc2[cH-]ccc2c1.c1ccc2[cH-]ccc2c1. The molecule has 8 aromatic carbocycles. The van der Waals surface area contributed by atoms with Gasteiger partial charge >= 0.3 is 43.4 Å². The van der Waals surface area contributed by atoms with Crippen molar-refractivity contribution < 1.29 is 68.2 Å². The molecule has 0 aliphatic rings. The molecule has 304 valence electrons. The molecule has 0 heterocycles. The Balaban J connectivity index is 0.000000394. The maximum absolute atomic E-state index is 2.42. The largest absolute Gasteiger partial charge is 2.00 e. The van der Waals surface area contributed by atoms with Gasteiger partial charge in [-0.05, 0) is 48.3 Å². The third-order valence-corrected chi connectivity index (χ3v) is 16.0. The van der Waals surface area contributed by atoms with Crippen LogP contribution in [0.3, 0.4) is 0 Å². The van der Waals surface area contributed by atoms with Crippen molar-refractivity contribution in [2.24, 2.45) is 23.7 Å². The minimum Gasteiger partial charge on any atom is -1.00 e. The maximum Gasteiger partial charge on any atom is 2.00 e. The first-order valence-corrected chi connectivity index (χ1v) is 23.5. The molecule has 0 unspecified atom stereocenters. The van der Waals surface area contributed by atoms with Crippen molar-refractivity contribution in [1.29, 1.82) is 0 Å². The van der Waals surface area contributed by atoms with E-state index in [9.17, 15) is 0 Å². The zero-order valence-corrected chi connectivity index (χ0v) is 42.2. The van der Waals surface area contributed by atoms with E-state index >= 15 is 0 Å². The number of rotatable bonds is 10. The first kappa shape index (κ1) is 54.2. The molecule has 0 fully saturated rings. The van der Waals surface area contributed by atoms with Crippen LogP contribution in [0.5, 0.6) is 0 Å². The van der Waals surface area contributed by atoms with Crippen LogP contribution in [0, 0.1) is 23.7 Å². The molecular weight excluding hydrogens is 853 g/mol. The summed E-state index contributed by atoms with van der Waals surface area (Å²) in [6, 6.07) is 56.5. The quantitative estimate of drug-likeness (QED) is 0.0731. The van der Waals surface area contributed by atoms with Gasteiger partial charge in [-0.1, -0.05) is 95.5 Å². The van der Waals surface area contributed by atoms with Crippen molar-refractivity contribution in [3.05, 3.63) is 158 Å². The van der Waals surface area contributed by atoms with Gasteiger partial charge in [-0.25, -0.2) is 0 Å². The van der Waals surface area contributed by atoms with Gasteiger partial charge in [-0.2, -0.15) is 47.2 Å². The Morgan fingerprint density at radius 1 is 0.379 bits per heavy atom. The third kappa shape index (κ3) is 17.3. The van der Waals surface area contributed by atoms with Gasteiger partial charge in [0.1, 0.15) is 0 Å². The molecule has 0 spiro atoms. The van der Waals surface area contributed by atoms with Crippen LogP contribution >= 0.6 is 15.8 Å². The van der Waals surface area contributed by atoms with Crippen molar-refractivity contribution in [2.75, 3.05) is 24.6 Å². The Morgan fingerprint density at radius 2 is 0.655 bits per heavy atom. The predicted molar refractivity (Wildman–Crippen MR) is 250 cm³/mol. The van der Waals surface area contributed by atoms with Gasteiger partial charge in [0.15, 0.2) is 0 Å². The van der Waals surface area contributed by atoms with E-state index in [-0.39, 0.29) is 84.1 Å². The number of fused-ring (bicyclic) bond motifs is 4. The van der Waals surface area contributed by atoms with Gasteiger partial charge in [0.2, 0.25) is 0 Å². The fraction of sp³-hybridized carbons (Fsp3) is 0.308. The number of halogens is 2. The van der Waals surface area contributed by atoms with Crippen LogP contribution in [0.15, 0.2) is 158 Å². The van der Waals surface area contributed by atoms with Crippen molar-refractivity contribution in [1.82, 2.24) is 0 Å². The third-order valence-electron chi connectivity index (χ3n) is 9.37. The summed E-state index contributed by atoms with van der Waals surface area (Å²) >= 11 is 0. The first-order valence-electron chi connectivity index (χ1n) is 20.1. The Labute approximate surface area is 395 Å². The van der Waals surface area contributed by atoms with E-state index in [2.05, 4.69) is 213 Å². The zero-order chi connectivity index (χ0) is 38.5. The molecular formula is C52H62Cl2P2Ti2-2. The molecule has 0 aliphatic carbocycles. The molecule has 0 aliphatic heterocycles. The van der Waals surface area contributed by atoms with E-state index in [0.29, 0.717) is 0 Å². The molecule has 0 saturated heterocycles. The second-order valence-corrected chi connectivity index (χ2v) is 21.0. The maximum atomic E-state index is 2.42. The summed E-state index contributed by atoms with van der Waals surface area (Å²) in [5, 5.41) is 14.2. The van der Waals surface area contributed by atoms with Gasteiger partial charge in [0.05, 0.1) is 0 Å². The fourth-order valence-corrected chi connectivity index (χ4v) is 13.1. The first-order chi connectivity index (χ1) is 26.0. The summed E-state index contributed by atoms with van der Waals surface area (Å²) in [6.45, 7) is 18.8. The summed E-state index contributed by atoms with van der Waals surface area (Å²) < 4.78 is 0. The van der Waals surface area contributed by atoms with Gasteiger partial charge in [0.25, 0.3) is 0 Å². The number of hydrogen-bond donors (Lipinski definition) is 0. The van der Waals surface area contributed by atoms with Crippen molar-refractivity contribution in [3.8, 4) is 0 Å². The van der Waals surface area contributed by atoms with Crippen molar-refractivity contribution in [2.45, 2.75) is 55.4 Å². The van der Waals surface area contributed by atoms with E-state index < -0.39 is 0 Å². The summed E-state index contributed by atoms with van der Waals surface area (Å²) in [4.78, 5) is 0.